The second kappa shape index (κ2) is 9.33. The fourth-order valence-electron chi connectivity index (χ4n) is 2.16. The van der Waals surface area contributed by atoms with Crippen molar-refractivity contribution in [2.75, 3.05) is 6.54 Å². The number of nitrogens with one attached hydrogen (secondary N) is 2. The summed E-state index contributed by atoms with van der Waals surface area (Å²) in [5, 5.41) is 14.7. The van der Waals surface area contributed by atoms with Crippen molar-refractivity contribution in [2.24, 2.45) is 12.0 Å². The summed E-state index contributed by atoms with van der Waals surface area (Å²) in [5.74, 6) is 2.11. The van der Waals surface area contributed by atoms with Crippen molar-refractivity contribution in [3.8, 4) is 5.75 Å². The van der Waals surface area contributed by atoms with Crippen LogP contribution in [-0.4, -0.2) is 33.9 Å². The lowest BCUT2D eigenvalue weighted by Crippen LogP contribution is -2.37. The third-order valence-electron chi connectivity index (χ3n) is 3.59. The van der Waals surface area contributed by atoms with Gasteiger partial charge in [0.1, 0.15) is 11.6 Å². The van der Waals surface area contributed by atoms with Gasteiger partial charge >= 0.3 is 6.61 Å². The summed E-state index contributed by atoms with van der Waals surface area (Å²) in [6, 6.07) is 4.45. The summed E-state index contributed by atoms with van der Waals surface area (Å²) in [5.41, 5.74) is 0.463. The van der Waals surface area contributed by atoms with Gasteiger partial charge in [0.15, 0.2) is 11.8 Å². The normalized spacial score (nSPS) is 11.7. The Morgan fingerprint density at radius 1 is 1.35 bits per heavy atom. The van der Waals surface area contributed by atoms with Crippen molar-refractivity contribution in [3.63, 3.8) is 0 Å². The second-order valence-corrected chi connectivity index (χ2v) is 5.84. The molecule has 2 aromatic rings. The Balaban J connectivity index is 2.11. The summed E-state index contributed by atoms with van der Waals surface area (Å²) in [4.78, 5) is 4.40. The first kappa shape index (κ1) is 19.9. The maximum Gasteiger partial charge on any atom is 0.387 e. The van der Waals surface area contributed by atoms with Gasteiger partial charge in [0, 0.05) is 24.2 Å². The van der Waals surface area contributed by atoms with Gasteiger partial charge in [-0.1, -0.05) is 11.6 Å². The standard InChI is InChI=1S/C16H21ClF2N6O/c1-4-20-16(22-9-14-24-23-10(2)25(14)3)21-8-11-7-12(17)5-6-13(11)26-15(18)19/h5-7,15H,4,8-9H2,1-3H3,(H2,20,21,22). The molecule has 10 heteroatoms. The lowest BCUT2D eigenvalue weighted by molar-refractivity contribution is -0.0504. The highest BCUT2D eigenvalue weighted by molar-refractivity contribution is 6.30. The highest BCUT2D eigenvalue weighted by Crippen LogP contribution is 2.25. The molecule has 0 spiro atoms. The van der Waals surface area contributed by atoms with Crippen LogP contribution in [0.15, 0.2) is 23.2 Å². The number of aliphatic imine (C=N–C) groups is 1. The average Bonchev–Trinajstić information content (AvgIpc) is 2.91. The predicted molar refractivity (Wildman–Crippen MR) is 95.5 cm³/mol. The van der Waals surface area contributed by atoms with Gasteiger partial charge in [0.25, 0.3) is 0 Å². The van der Waals surface area contributed by atoms with Crippen LogP contribution in [0.25, 0.3) is 0 Å². The average molecular weight is 387 g/mol. The third kappa shape index (κ3) is 5.55. The molecule has 26 heavy (non-hydrogen) atoms. The maximum atomic E-state index is 12.5. The van der Waals surface area contributed by atoms with E-state index in [1.165, 1.54) is 12.1 Å². The molecule has 0 aliphatic rings. The Labute approximate surface area is 155 Å². The molecule has 0 bridgehead atoms. The molecular weight excluding hydrogens is 366 g/mol. The number of aryl methyl sites for hydroxylation is 1. The molecule has 0 amide bonds. The van der Waals surface area contributed by atoms with E-state index in [-0.39, 0.29) is 12.3 Å². The van der Waals surface area contributed by atoms with Gasteiger partial charge in [-0.05, 0) is 32.0 Å². The quantitative estimate of drug-likeness (QED) is 0.565. The lowest BCUT2D eigenvalue weighted by atomic mass is 10.2. The number of guanidine groups is 1. The number of ether oxygens (including phenoxy) is 1. The van der Waals surface area contributed by atoms with Crippen molar-refractivity contribution in [1.29, 1.82) is 0 Å². The molecule has 1 aromatic heterocycles. The van der Waals surface area contributed by atoms with Crippen LogP contribution in [0.4, 0.5) is 8.78 Å². The molecule has 2 N–H and O–H groups in total. The van der Waals surface area contributed by atoms with Crippen molar-refractivity contribution in [2.45, 2.75) is 33.5 Å². The first-order valence-electron chi connectivity index (χ1n) is 8.01. The molecule has 0 radical (unpaired) electrons. The van der Waals surface area contributed by atoms with E-state index >= 15 is 0 Å². The Hall–Kier alpha value is -2.42. The minimum atomic E-state index is -2.91. The molecule has 0 unspecified atom stereocenters. The van der Waals surface area contributed by atoms with E-state index in [9.17, 15) is 8.78 Å². The lowest BCUT2D eigenvalue weighted by Gasteiger charge is -2.13. The zero-order chi connectivity index (χ0) is 19.1. The van der Waals surface area contributed by atoms with Gasteiger partial charge in [0.2, 0.25) is 0 Å². The molecule has 7 nitrogen and oxygen atoms in total. The van der Waals surface area contributed by atoms with E-state index in [0.717, 1.165) is 11.6 Å². The largest absolute Gasteiger partial charge is 0.434 e. The number of rotatable bonds is 7. The fourth-order valence-corrected chi connectivity index (χ4v) is 2.35. The Morgan fingerprint density at radius 3 is 2.73 bits per heavy atom. The van der Waals surface area contributed by atoms with Crippen molar-refractivity contribution in [1.82, 2.24) is 25.4 Å². The van der Waals surface area contributed by atoms with Crippen LogP contribution in [0, 0.1) is 6.92 Å². The Bertz CT molecular complexity index is 765. The Kier molecular flexibility index (Phi) is 7.14. The van der Waals surface area contributed by atoms with Gasteiger partial charge in [-0.15, -0.1) is 10.2 Å². The number of hydrogen-bond acceptors (Lipinski definition) is 4. The number of nitrogens with zero attached hydrogens (tertiary/aromatic N) is 4. The first-order valence-corrected chi connectivity index (χ1v) is 8.38. The maximum absolute atomic E-state index is 12.5. The highest BCUT2D eigenvalue weighted by atomic mass is 35.5. The van der Waals surface area contributed by atoms with Crippen molar-refractivity contribution >= 4 is 17.6 Å². The van der Waals surface area contributed by atoms with Crippen molar-refractivity contribution in [3.05, 3.63) is 40.4 Å². The van der Waals surface area contributed by atoms with Gasteiger partial charge in [-0.25, -0.2) is 4.99 Å². The predicted octanol–water partition coefficient (Wildman–Crippen LogP) is 2.63. The zero-order valence-corrected chi connectivity index (χ0v) is 15.5. The molecule has 0 aliphatic heterocycles. The molecule has 2 rings (SSSR count). The van der Waals surface area contributed by atoms with Crippen LogP contribution in [0.2, 0.25) is 5.02 Å². The number of alkyl halides is 2. The fraction of sp³-hybridized carbons (Fsp3) is 0.438. The van der Waals surface area contributed by atoms with Crippen LogP contribution in [-0.2, 0) is 20.1 Å². The van der Waals surface area contributed by atoms with E-state index < -0.39 is 6.61 Å². The molecule has 142 valence electrons. The smallest absolute Gasteiger partial charge is 0.387 e. The SMILES string of the molecule is CCNC(=NCc1cc(Cl)ccc1OC(F)F)NCc1nnc(C)n1C. The van der Waals surface area contributed by atoms with Gasteiger partial charge in [-0.2, -0.15) is 8.78 Å². The second-order valence-electron chi connectivity index (χ2n) is 5.40. The molecule has 0 saturated heterocycles. The summed E-state index contributed by atoms with van der Waals surface area (Å²) < 4.78 is 31.5. The number of aromatic nitrogens is 3. The first-order chi connectivity index (χ1) is 12.4. The van der Waals surface area contributed by atoms with E-state index in [4.69, 9.17) is 11.6 Å². The number of hydrogen-bond donors (Lipinski definition) is 2. The molecule has 1 heterocycles. The number of benzene rings is 1. The monoisotopic (exact) mass is 386 g/mol. The molecule has 1 aromatic carbocycles. The summed E-state index contributed by atoms with van der Waals surface area (Å²) in [6.45, 7) is 2.05. The van der Waals surface area contributed by atoms with Gasteiger partial charge in [0.05, 0.1) is 13.1 Å². The van der Waals surface area contributed by atoms with E-state index in [2.05, 4.69) is 30.6 Å². The molecule has 0 fully saturated rings. The van der Waals surface area contributed by atoms with Crippen LogP contribution >= 0.6 is 11.6 Å². The topological polar surface area (TPSA) is 76.4 Å². The van der Waals surface area contributed by atoms with E-state index in [1.807, 2.05) is 25.5 Å². The van der Waals surface area contributed by atoms with E-state index in [1.54, 1.807) is 6.07 Å². The summed E-state index contributed by atoms with van der Waals surface area (Å²) in [6.07, 6.45) is 0. The zero-order valence-electron chi connectivity index (χ0n) is 14.8. The van der Waals surface area contributed by atoms with Crippen molar-refractivity contribution < 1.29 is 13.5 Å². The summed E-state index contributed by atoms with van der Waals surface area (Å²) in [7, 11) is 1.87. The van der Waals surface area contributed by atoms with Crippen LogP contribution in [0.5, 0.6) is 5.75 Å². The molecule has 0 saturated carbocycles. The minimum Gasteiger partial charge on any atom is -0.434 e. The van der Waals surface area contributed by atoms with Gasteiger partial charge in [-0.3, -0.25) is 0 Å². The molecule has 0 atom stereocenters. The Morgan fingerprint density at radius 2 is 2.12 bits per heavy atom. The summed E-state index contributed by atoms with van der Waals surface area (Å²) >= 11 is 5.95. The molecular formula is C16H21ClF2N6O. The highest BCUT2D eigenvalue weighted by Gasteiger charge is 2.11. The number of halogens is 3. The van der Waals surface area contributed by atoms with E-state index in [0.29, 0.717) is 29.6 Å². The van der Waals surface area contributed by atoms with Gasteiger partial charge < -0.3 is 19.9 Å². The minimum absolute atomic E-state index is 0.0490. The van der Waals surface area contributed by atoms with Crippen LogP contribution in [0.1, 0.15) is 24.1 Å². The molecule has 0 aliphatic carbocycles. The third-order valence-corrected chi connectivity index (χ3v) is 3.82. The van der Waals surface area contributed by atoms with Crippen LogP contribution in [0.3, 0.4) is 0 Å². The van der Waals surface area contributed by atoms with Crippen LogP contribution < -0.4 is 15.4 Å².